The maximum atomic E-state index is 12.2. The van der Waals surface area contributed by atoms with E-state index in [4.69, 9.17) is 11.6 Å². The van der Waals surface area contributed by atoms with Crippen molar-refractivity contribution < 1.29 is 4.79 Å². The number of rotatable bonds is 3. The first-order valence-electron chi connectivity index (χ1n) is 7.33. The number of benzene rings is 1. The van der Waals surface area contributed by atoms with E-state index in [1.54, 1.807) is 31.3 Å². The molecule has 0 spiro atoms. The minimum absolute atomic E-state index is 0.0285. The second-order valence-electron chi connectivity index (χ2n) is 5.66. The van der Waals surface area contributed by atoms with Crippen LogP contribution in [0.5, 0.6) is 0 Å². The lowest BCUT2D eigenvalue weighted by molar-refractivity contribution is -0.124. The number of carbonyl (C=O) groups excluding carboxylic acids is 1. The van der Waals surface area contributed by atoms with Gasteiger partial charge in [-0.25, -0.2) is 0 Å². The zero-order valence-corrected chi connectivity index (χ0v) is 13.1. The van der Waals surface area contributed by atoms with E-state index in [0.29, 0.717) is 29.0 Å². The molecule has 1 aromatic carbocycles. The van der Waals surface area contributed by atoms with Crippen molar-refractivity contribution in [1.82, 2.24) is 15.2 Å². The molecule has 0 unspecified atom stereocenters. The summed E-state index contributed by atoms with van der Waals surface area (Å²) in [5.41, 5.74) is 1.46. The van der Waals surface area contributed by atoms with Gasteiger partial charge in [-0.3, -0.25) is 14.5 Å². The molecule has 22 heavy (non-hydrogen) atoms. The molecule has 1 saturated heterocycles. The first kappa shape index (κ1) is 15.1. The van der Waals surface area contributed by atoms with Gasteiger partial charge in [0.25, 0.3) is 0 Å². The van der Waals surface area contributed by atoms with E-state index in [1.165, 1.54) is 0 Å². The average Bonchev–Trinajstić information content (AvgIpc) is 2.96. The molecule has 1 atom stereocenters. The number of halogens is 1. The van der Waals surface area contributed by atoms with Crippen LogP contribution in [0.4, 0.5) is 0 Å². The predicted molar refractivity (Wildman–Crippen MR) is 87.0 cm³/mol. The molecule has 1 amide bonds. The smallest absolute Gasteiger partial charge is 0.224 e. The monoisotopic (exact) mass is 319 g/mol. The minimum Gasteiger partial charge on any atom is -0.359 e. The van der Waals surface area contributed by atoms with E-state index in [-0.39, 0.29) is 17.3 Å². The molecule has 1 aliphatic rings. The van der Waals surface area contributed by atoms with Crippen molar-refractivity contribution in [3.63, 3.8) is 0 Å². The maximum absolute atomic E-state index is 12.2. The van der Waals surface area contributed by atoms with E-state index in [2.05, 4.69) is 15.2 Å². The molecule has 0 aliphatic carbocycles. The topological polar surface area (TPSA) is 65.2 Å². The molecule has 0 radical (unpaired) electrons. The summed E-state index contributed by atoms with van der Waals surface area (Å²) < 4.78 is 0. The number of fused-ring (bicyclic) bond motifs is 1. The highest BCUT2D eigenvalue weighted by molar-refractivity contribution is 6.35. The number of hydrogen-bond acceptors (Lipinski definition) is 3. The van der Waals surface area contributed by atoms with E-state index >= 15 is 0 Å². The third-order valence-corrected chi connectivity index (χ3v) is 4.47. The number of carbonyl (C=O) groups is 1. The van der Waals surface area contributed by atoms with Crippen LogP contribution in [0, 0.1) is 5.92 Å². The first-order chi connectivity index (χ1) is 10.6. The Kier molecular flexibility index (Phi) is 4.18. The molecule has 1 fully saturated rings. The summed E-state index contributed by atoms with van der Waals surface area (Å²) in [7, 11) is 1.66. The molecule has 1 aliphatic heterocycles. The molecular formula is C16H18ClN3O2. The quantitative estimate of drug-likeness (QED) is 0.906. The Balaban J connectivity index is 1.82. The molecule has 2 aromatic rings. The number of nitrogens with zero attached hydrogens (tertiary/aromatic N) is 1. The Morgan fingerprint density at radius 1 is 1.50 bits per heavy atom. The van der Waals surface area contributed by atoms with Crippen LogP contribution in [0.3, 0.4) is 0 Å². The number of pyridine rings is 1. The van der Waals surface area contributed by atoms with Crippen molar-refractivity contribution in [2.45, 2.75) is 13.0 Å². The van der Waals surface area contributed by atoms with E-state index in [9.17, 15) is 9.59 Å². The van der Waals surface area contributed by atoms with Crippen LogP contribution in [0.1, 0.15) is 12.1 Å². The second kappa shape index (κ2) is 6.10. The third kappa shape index (κ3) is 2.87. The summed E-state index contributed by atoms with van der Waals surface area (Å²) in [4.78, 5) is 29.3. The normalized spacial score (nSPS) is 18.7. The third-order valence-electron chi connectivity index (χ3n) is 4.15. The lowest BCUT2D eigenvalue weighted by atomic mass is 10.1. The fourth-order valence-electron chi connectivity index (χ4n) is 3.01. The van der Waals surface area contributed by atoms with Crippen molar-refractivity contribution in [2.75, 3.05) is 20.1 Å². The van der Waals surface area contributed by atoms with Crippen molar-refractivity contribution in [1.29, 1.82) is 0 Å². The number of aromatic nitrogens is 1. The minimum atomic E-state index is -0.0340. The van der Waals surface area contributed by atoms with Gasteiger partial charge >= 0.3 is 0 Å². The molecule has 2 heterocycles. The fourth-order valence-corrected chi connectivity index (χ4v) is 3.23. The number of para-hydroxylation sites is 1. The molecule has 2 N–H and O–H groups in total. The van der Waals surface area contributed by atoms with Crippen LogP contribution in [0.2, 0.25) is 5.02 Å². The summed E-state index contributed by atoms with van der Waals surface area (Å²) >= 11 is 6.16. The summed E-state index contributed by atoms with van der Waals surface area (Å²) in [6.45, 7) is 2.17. The summed E-state index contributed by atoms with van der Waals surface area (Å²) in [6, 6.07) is 6.92. The molecule has 0 saturated carbocycles. The number of nitrogens with one attached hydrogen (secondary N) is 2. The SMILES string of the molecule is CNC(=O)[C@H]1CCN(Cc2cc(=O)c3cccc(Cl)c3[nH]2)C1. The van der Waals surface area contributed by atoms with E-state index in [0.717, 1.165) is 18.7 Å². The van der Waals surface area contributed by atoms with Crippen molar-refractivity contribution in [3.8, 4) is 0 Å². The van der Waals surface area contributed by atoms with Crippen LogP contribution in [-0.2, 0) is 11.3 Å². The van der Waals surface area contributed by atoms with Gasteiger partial charge in [0, 0.05) is 37.3 Å². The number of hydrogen-bond donors (Lipinski definition) is 2. The zero-order chi connectivity index (χ0) is 15.7. The molecule has 1 aromatic heterocycles. The number of H-pyrrole nitrogens is 1. The lowest BCUT2D eigenvalue weighted by Gasteiger charge is -2.16. The van der Waals surface area contributed by atoms with Crippen LogP contribution in [0.15, 0.2) is 29.1 Å². The summed E-state index contributed by atoms with van der Waals surface area (Å²) in [6.07, 6.45) is 0.845. The Hall–Kier alpha value is -1.85. The lowest BCUT2D eigenvalue weighted by Crippen LogP contribution is -2.30. The van der Waals surface area contributed by atoms with Gasteiger partial charge in [0.15, 0.2) is 5.43 Å². The van der Waals surface area contributed by atoms with Gasteiger partial charge in [0.1, 0.15) is 0 Å². The molecule has 5 nitrogen and oxygen atoms in total. The highest BCUT2D eigenvalue weighted by Gasteiger charge is 2.27. The van der Waals surface area contributed by atoms with Gasteiger partial charge in [0.2, 0.25) is 5.91 Å². The van der Waals surface area contributed by atoms with Gasteiger partial charge in [-0.1, -0.05) is 17.7 Å². The van der Waals surface area contributed by atoms with Crippen LogP contribution in [0.25, 0.3) is 10.9 Å². The predicted octanol–water partition coefficient (Wildman–Crippen LogP) is 1.75. The second-order valence-corrected chi connectivity index (χ2v) is 6.06. The average molecular weight is 320 g/mol. The highest BCUT2D eigenvalue weighted by atomic mass is 35.5. The highest BCUT2D eigenvalue weighted by Crippen LogP contribution is 2.21. The van der Waals surface area contributed by atoms with Crippen LogP contribution < -0.4 is 10.7 Å². The van der Waals surface area contributed by atoms with Gasteiger partial charge < -0.3 is 10.3 Å². The van der Waals surface area contributed by atoms with Crippen molar-refractivity contribution in [2.24, 2.45) is 5.92 Å². The van der Waals surface area contributed by atoms with Gasteiger partial charge in [-0.05, 0) is 25.1 Å². The Bertz CT molecular complexity index is 772. The van der Waals surface area contributed by atoms with E-state index < -0.39 is 0 Å². The van der Waals surface area contributed by atoms with Crippen LogP contribution in [-0.4, -0.2) is 35.9 Å². The summed E-state index contributed by atoms with van der Waals surface area (Å²) in [5.74, 6) is 0.110. The summed E-state index contributed by atoms with van der Waals surface area (Å²) in [5, 5.41) is 3.83. The van der Waals surface area contributed by atoms with Crippen molar-refractivity contribution >= 4 is 28.4 Å². The van der Waals surface area contributed by atoms with Gasteiger partial charge in [0.05, 0.1) is 16.5 Å². The van der Waals surface area contributed by atoms with E-state index in [1.807, 2.05) is 0 Å². The Morgan fingerprint density at radius 3 is 3.09 bits per heavy atom. The fraction of sp³-hybridized carbons (Fsp3) is 0.375. The number of likely N-dealkylation sites (tertiary alicyclic amines) is 1. The van der Waals surface area contributed by atoms with Crippen LogP contribution >= 0.6 is 11.6 Å². The Morgan fingerprint density at radius 2 is 2.32 bits per heavy atom. The first-order valence-corrected chi connectivity index (χ1v) is 7.70. The molecule has 0 bridgehead atoms. The standard InChI is InChI=1S/C16H18ClN3O2/c1-18-16(22)10-5-6-20(8-10)9-11-7-14(21)12-3-2-4-13(17)15(12)19-11/h2-4,7,10H,5-6,8-9H2,1H3,(H,18,22)(H,19,21)/t10-/m0/s1. The molecule has 116 valence electrons. The molecule has 3 rings (SSSR count). The zero-order valence-electron chi connectivity index (χ0n) is 12.4. The largest absolute Gasteiger partial charge is 0.359 e. The molecule has 6 heteroatoms. The number of amides is 1. The maximum Gasteiger partial charge on any atom is 0.224 e. The van der Waals surface area contributed by atoms with Gasteiger partial charge in [-0.2, -0.15) is 0 Å². The number of aromatic amines is 1. The van der Waals surface area contributed by atoms with Gasteiger partial charge in [-0.15, -0.1) is 0 Å². The molecular weight excluding hydrogens is 302 g/mol. The Labute approximate surface area is 133 Å². The van der Waals surface area contributed by atoms with Crippen molar-refractivity contribution in [3.05, 3.63) is 45.2 Å².